The number of halogens is 1. The van der Waals surface area contributed by atoms with Crippen LogP contribution in [0.3, 0.4) is 0 Å². The Morgan fingerprint density at radius 3 is 2.57 bits per heavy atom. The van der Waals surface area contributed by atoms with Crippen molar-refractivity contribution in [2.75, 3.05) is 18.4 Å². The SMILES string of the molecule is NC(=O)C1CCN(C(=O)c2cc3c(cc2F)NC(=O)CC3)CC1. The fraction of sp³-hybridized carbons (Fsp3) is 0.438. The van der Waals surface area contributed by atoms with Gasteiger partial charge in [-0.3, -0.25) is 14.4 Å². The molecule has 2 heterocycles. The second kappa shape index (κ2) is 5.98. The van der Waals surface area contributed by atoms with Crippen LogP contribution < -0.4 is 11.1 Å². The zero-order valence-corrected chi connectivity index (χ0v) is 12.6. The lowest BCUT2D eigenvalue weighted by Gasteiger charge is -2.31. The maximum absolute atomic E-state index is 14.2. The molecule has 0 aliphatic carbocycles. The third-order valence-electron chi connectivity index (χ3n) is 4.50. The number of aryl methyl sites for hydroxylation is 1. The summed E-state index contributed by atoms with van der Waals surface area (Å²) in [6.45, 7) is 0.777. The Balaban J connectivity index is 1.78. The number of nitrogens with one attached hydrogen (secondary N) is 1. The Kier molecular flexibility index (Phi) is 4.02. The number of nitrogens with zero attached hydrogens (tertiary/aromatic N) is 1. The van der Waals surface area contributed by atoms with Crippen molar-refractivity contribution in [2.45, 2.75) is 25.7 Å². The van der Waals surface area contributed by atoms with Crippen molar-refractivity contribution in [1.82, 2.24) is 4.90 Å². The van der Waals surface area contributed by atoms with Gasteiger partial charge in [-0.1, -0.05) is 0 Å². The number of nitrogens with two attached hydrogens (primary N) is 1. The molecular weight excluding hydrogens is 301 g/mol. The largest absolute Gasteiger partial charge is 0.369 e. The fourth-order valence-electron chi connectivity index (χ4n) is 3.10. The van der Waals surface area contributed by atoms with E-state index >= 15 is 0 Å². The normalized spacial score (nSPS) is 18.3. The summed E-state index contributed by atoms with van der Waals surface area (Å²) >= 11 is 0. The summed E-state index contributed by atoms with van der Waals surface area (Å²) in [4.78, 5) is 36.6. The Hall–Kier alpha value is -2.44. The predicted molar refractivity (Wildman–Crippen MR) is 81.2 cm³/mol. The van der Waals surface area contributed by atoms with Gasteiger partial charge in [0.1, 0.15) is 5.82 Å². The molecule has 2 aliphatic heterocycles. The molecule has 6 nitrogen and oxygen atoms in total. The maximum atomic E-state index is 14.2. The molecule has 23 heavy (non-hydrogen) atoms. The quantitative estimate of drug-likeness (QED) is 0.853. The molecule has 0 spiro atoms. The molecule has 1 aromatic carbocycles. The van der Waals surface area contributed by atoms with E-state index in [4.69, 9.17) is 5.73 Å². The Morgan fingerprint density at radius 2 is 1.91 bits per heavy atom. The van der Waals surface area contributed by atoms with Crippen molar-refractivity contribution in [3.63, 3.8) is 0 Å². The molecule has 3 rings (SSSR count). The molecule has 0 atom stereocenters. The molecule has 0 radical (unpaired) electrons. The molecule has 0 bridgehead atoms. The number of likely N-dealkylation sites (tertiary alicyclic amines) is 1. The Labute approximate surface area is 132 Å². The maximum Gasteiger partial charge on any atom is 0.256 e. The fourth-order valence-corrected chi connectivity index (χ4v) is 3.10. The van der Waals surface area contributed by atoms with Crippen LogP contribution in [0.15, 0.2) is 12.1 Å². The summed E-state index contributed by atoms with van der Waals surface area (Å²) in [5.41, 5.74) is 6.48. The number of anilines is 1. The van der Waals surface area contributed by atoms with E-state index in [1.807, 2.05) is 0 Å². The van der Waals surface area contributed by atoms with Crippen LogP contribution in [0, 0.1) is 11.7 Å². The molecule has 122 valence electrons. The summed E-state index contributed by atoms with van der Waals surface area (Å²) in [5.74, 6) is -1.75. The van der Waals surface area contributed by atoms with E-state index in [0.29, 0.717) is 44.5 Å². The number of benzene rings is 1. The number of primary amides is 1. The number of fused-ring (bicyclic) bond motifs is 1. The first-order chi connectivity index (χ1) is 11.0. The Morgan fingerprint density at radius 1 is 1.22 bits per heavy atom. The van der Waals surface area contributed by atoms with Crippen LogP contribution in [0.4, 0.5) is 10.1 Å². The molecular formula is C16H18FN3O3. The van der Waals surface area contributed by atoms with Gasteiger partial charge in [0.05, 0.1) is 5.56 Å². The van der Waals surface area contributed by atoms with Gasteiger partial charge >= 0.3 is 0 Å². The number of hydrogen-bond donors (Lipinski definition) is 2. The van der Waals surface area contributed by atoms with Crippen molar-refractivity contribution in [3.05, 3.63) is 29.1 Å². The van der Waals surface area contributed by atoms with E-state index in [9.17, 15) is 18.8 Å². The first-order valence-electron chi connectivity index (χ1n) is 7.66. The van der Waals surface area contributed by atoms with E-state index in [1.54, 1.807) is 4.90 Å². The highest BCUT2D eigenvalue weighted by Gasteiger charge is 2.28. The molecule has 0 aromatic heterocycles. The van der Waals surface area contributed by atoms with Gasteiger partial charge in [-0.05, 0) is 37.0 Å². The van der Waals surface area contributed by atoms with Crippen LogP contribution in [0.2, 0.25) is 0 Å². The Bertz CT molecular complexity index is 681. The van der Waals surface area contributed by atoms with Gasteiger partial charge in [-0.25, -0.2) is 4.39 Å². The van der Waals surface area contributed by atoms with Crippen LogP contribution in [0.5, 0.6) is 0 Å². The molecule has 3 amide bonds. The summed E-state index contributed by atoms with van der Waals surface area (Å²) in [6.07, 6.45) is 1.83. The lowest BCUT2D eigenvalue weighted by molar-refractivity contribution is -0.123. The average Bonchev–Trinajstić information content (AvgIpc) is 2.53. The highest BCUT2D eigenvalue weighted by atomic mass is 19.1. The molecule has 1 fully saturated rings. The molecule has 0 unspecified atom stereocenters. The van der Waals surface area contributed by atoms with Gasteiger partial charge in [0.15, 0.2) is 0 Å². The zero-order valence-electron chi connectivity index (χ0n) is 12.6. The second-order valence-electron chi connectivity index (χ2n) is 6.01. The highest BCUT2D eigenvalue weighted by Crippen LogP contribution is 2.27. The molecule has 0 saturated carbocycles. The number of hydrogen-bond acceptors (Lipinski definition) is 3. The lowest BCUT2D eigenvalue weighted by atomic mass is 9.95. The molecule has 1 aromatic rings. The smallest absolute Gasteiger partial charge is 0.256 e. The van der Waals surface area contributed by atoms with Crippen LogP contribution in [-0.2, 0) is 16.0 Å². The van der Waals surface area contributed by atoms with Gasteiger partial charge < -0.3 is 16.0 Å². The van der Waals surface area contributed by atoms with Crippen LogP contribution in [0.1, 0.15) is 35.2 Å². The standard InChI is InChI=1S/C16H18FN3O3/c17-12-8-13-10(1-2-14(21)19-13)7-11(12)16(23)20-5-3-9(4-6-20)15(18)22/h7-9H,1-6H2,(H2,18,22)(H,19,21). The summed E-state index contributed by atoms with van der Waals surface area (Å²) in [7, 11) is 0. The zero-order chi connectivity index (χ0) is 16.6. The van der Waals surface area contributed by atoms with Crippen LogP contribution in [-0.4, -0.2) is 35.7 Å². The third-order valence-corrected chi connectivity index (χ3v) is 4.50. The van der Waals surface area contributed by atoms with Gasteiger partial charge in [0, 0.05) is 31.1 Å². The van der Waals surface area contributed by atoms with Crippen molar-refractivity contribution < 1.29 is 18.8 Å². The van der Waals surface area contributed by atoms with E-state index in [0.717, 1.165) is 5.56 Å². The molecule has 2 aliphatic rings. The van der Waals surface area contributed by atoms with Crippen molar-refractivity contribution in [2.24, 2.45) is 11.7 Å². The van der Waals surface area contributed by atoms with Crippen molar-refractivity contribution in [3.8, 4) is 0 Å². The van der Waals surface area contributed by atoms with Crippen molar-refractivity contribution >= 4 is 23.4 Å². The average molecular weight is 319 g/mol. The highest BCUT2D eigenvalue weighted by molar-refractivity contribution is 5.98. The number of amides is 3. The monoisotopic (exact) mass is 319 g/mol. The first-order valence-corrected chi connectivity index (χ1v) is 7.66. The molecule has 1 saturated heterocycles. The number of carbonyl (C=O) groups excluding carboxylic acids is 3. The van der Waals surface area contributed by atoms with E-state index in [-0.39, 0.29) is 29.2 Å². The van der Waals surface area contributed by atoms with Crippen LogP contribution in [0.25, 0.3) is 0 Å². The van der Waals surface area contributed by atoms with Crippen molar-refractivity contribution in [1.29, 1.82) is 0 Å². The minimum Gasteiger partial charge on any atom is -0.369 e. The van der Waals surface area contributed by atoms with Crippen LogP contribution >= 0.6 is 0 Å². The van der Waals surface area contributed by atoms with E-state index in [1.165, 1.54) is 12.1 Å². The van der Waals surface area contributed by atoms with Gasteiger partial charge in [-0.15, -0.1) is 0 Å². The topological polar surface area (TPSA) is 92.5 Å². The summed E-state index contributed by atoms with van der Waals surface area (Å²) in [5, 5.41) is 2.61. The minimum atomic E-state index is -0.645. The number of carbonyl (C=O) groups is 3. The minimum absolute atomic E-state index is 0.0115. The predicted octanol–water partition coefficient (Wildman–Crippen LogP) is 1.05. The number of rotatable bonds is 2. The summed E-state index contributed by atoms with van der Waals surface area (Å²) in [6, 6.07) is 2.72. The second-order valence-corrected chi connectivity index (χ2v) is 6.01. The third kappa shape index (κ3) is 3.04. The van der Waals surface area contributed by atoms with E-state index in [2.05, 4.69) is 5.32 Å². The van der Waals surface area contributed by atoms with Gasteiger partial charge in [0.2, 0.25) is 11.8 Å². The number of piperidine rings is 1. The lowest BCUT2D eigenvalue weighted by Crippen LogP contribution is -2.42. The van der Waals surface area contributed by atoms with E-state index < -0.39 is 5.82 Å². The van der Waals surface area contributed by atoms with Gasteiger partial charge in [-0.2, -0.15) is 0 Å². The molecule has 7 heteroatoms. The summed E-state index contributed by atoms with van der Waals surface area (Å²) < 4.78 is 14.2. The van der Waals surface area contributed by atoms with Gasteiger partial charge in [0.25, 0.3) is 5.91 Å². The first kappa shape index (κ1) is 15.5. The molecule has 3 N–H and O–H groups in total.